The summed E-state index contributed by atoms with van der Waals surface area (Å²) in [7, 11) is -3.54. The van der Waals surface area contributed by atoms with E-state index in [4.69, 9.17) is 9.98 Å². The Morgan fingerprint density at radius 1 is 1.25 bits per heavy atom. The summed E-state index contributed by atoms with van der Waals surface area (Å²) >= 11 is 0. The maximum atomic E-state index is 11.8. The second kappa shape index (κ2) is 6.56. The van der Waals surface area contributed by atoms with Crippen LogP contribution in [0.4, 0.5) is 0 Å². The lowest BCUT2D eigenvalue weighted by Crippen LogP contribution is -2.51. The molecule has 0 aromatic heterocycles. The SMILES string of the molecule is CCN(Oc1ccccc1)C1CCCCC1S(N)(=O)=O. The third-order valence-electron chi connectivity index (χ3n) is 3.74. The molecular formula is C14H22N2O3S. The largest absolute Gasteiger partial charge is 0.406 e. The Hall–Kier alpha value is -1.11. The van der Waals surface area contributed by atoms with Crippen LogP contribution in [0.5, 0.6) is 5.75 Å². The van der Waals surface area contributed by atoms with E-state index < -0.39 is 15.3 Å². The predicted octanol–water partition coefficient (Wildman–Crippen LogP) is 1.90. The molecular weight excluding hydrogens is 276 g/mol. The van der Waals surface area contributed by atoms with Crippen molar-refractivity contribution in [1.29, 1.82) is 0 Å². The highest BCUT2D eigenvalue weighted by atomic mass is 32.2. The first kappa shape index (κ1) is 15.3. The number of nitrogens with zero attached hydrogens (tertiary/aromatic N) is 1. The smallest absolute Gasteiger partial charge is 0.213 e. The summed E-state index contributed by atoms with van der Waals surface area (Å²) < 4.78 is 23.5. The maximum Gasteiger partial charge on any atom is 0.213 e. The molecule has 0 amide bonds. The highest BCUT2D eigenvalue weighted by Crippen LogP contribution is 2.28. The van der Waals surface area contributed by atoms with Gasteiger partial charge < -0.3 is 4.84 Å². The van der Waals surface area contributed by atoms with E-state index in [1.54, 1.807) is 5.06 Å². The van der Waals surface area contributed by atoms with Crippen LogP contribution in [0.2, 0.25) is 0 Å². The van der Waals surface area contributed by atoms with Crippen LogP contribution in [0.3, 0.4) is 0 Å². The quantitative estimate of drug-likeness (QED) is 0.843. The molecule has 5 nitrogen and oxygen atoms in total. The van der Waals surface area contributed by atoms with Gasteiger partial charge >= 0.3 is 0 Å². The summed E-state index contributed by atoms with van der Waals surface area (Å²) in [5, 5.41) is 6.59. The zero-order valence-corrected chi connectivity index (χ0v) is 12.6. The number of para-hydroxylation sites is 1. The minimum Gasteiger partial charge on any atom is -0.406 e. The zero-order chi connectivity index (χ0) is 14.6. The highest BCUT2D eigenvalue weighted by Gasteiger charge is 2.37. The molecule has 2 N–H and O–H groups in total. The van der Waals surface area contributed by atoms with Gasteiger partial charge in [-0.3, -0.25) is 0 Å². The van der Waals surface area contributed by atoms with Gasteiger partial charge in [0.25, 0.3) is 0 Å². The van der Waals surface area contributed by atoms with Crippen LogP contribution in [0, 0.1) is 0 Å². The Morgan fingerprint density at radius 3 is 2.50 bits per heavy atom. The Balaban J connectivity index is 2.16. The van der Waals surface area contributed by atoms with Crippen molar-refractivity contribution in [3.8, 4) is 5.75 Å². The molecule has 6 heteroatoms. The van der Waals surface area contributed by atoms with E-state index in [-0.39, 0.29) is 6.04 Å². The van der Waals surface area contributed by atoms with E-state index in [0.717, 1.165) is 19.3 Å². The van der Waals surface area contributed by atoms with Gasteiger partial charge in [-0.15, -0.1) is 5.06 Å². The number of primary sulfonamides is 1. The van der Waals surface area contributed by atoms with Gasteiger partial charge in [0.2, 0.25) is 10.0 Å². The first-order valence-electron chi connectivity index (χ1n) is 7.03. The van der Waals surface area contributed by atoms with Gasteiger partial charge in [-0.1, -0.05) is 31.0 Å². The van der Waals surface area contributed by atoms with E-state index in [9.17, 15) is 8.42 Å². The third kappa shape index (κ3) is 3.71. The van der Waals surface area contributed by atoms with Crippen molar-refractivity contribution in [2.24, 2.45) is 5.14 Å². The second-order valence-electron chi connectivity index (χ2n) is 5.12. The molecule has 2 atom stereocenters. The number of rotatable bonds is 5. The molecule has 1 aromatic rings. The minimum atomic E-state index is -3.54. The summed E-state index contributed by atoms with van der Waals surface area (Å²) in [6, 6.07) is 9.23. The van der Waals surface area contributed by atoms with E-state index in [1.165, 1.54) is 0 Å². The van der Waals surface area contributed by atoms with Crippen molar-refractivity contribution in [3.63, 3.8) is 0 Å². The summed E-state index contributed by atoms with van der Waals surface area (Å²) in [6.07, 6.45) is 3.31. The molecule has 1 aromatic carbocycles. The van der Waals surface area contributed by atoms with Crippen LogP contribution in [0.25, 0.3) is 0 Å². The molecule has 112 valence electrons. The van der Waals surface area contributed by atoms with Crippen molar-refractivity contribution in [3.05, 3.63) is 30.3 Å². The standard InChI is InChI=1S/C14H22N2O3S/c1-2-16(19-12-8-4-3-5-9-12)13-10-6-7-11-14(13)20(15,17)18/h3-5,8-9,13-14H,2,6-7,10-11H2,1H3,(H2,15,17,18). The van der Waals surface area contributed by atoms with Crippen LogP contribution in [-0.2, 0) is 10.0 Å². The number of sulfonamides is 1. The van der Waals surface area contributed by atoms with Crippen molar-refractivity contribution < 1.29 is 13.3 Å². The molecule has 0 radical (unpaired) electrons. The average molecular weight is 298 g/mol. The van der Waals surface area contributed by atoms with Gasteiger partial charge in [0.1, 0.15) is 5.75 Å². The fourth-order valence-electron chi connectivity index (χ4n) is 2.77. The first-order valence-corrected chi connectivity index (χ1v) is 8.64. The maximum absolute atomic E-state index is 11.8. The van der Waals surface area contributed by atoms with E-state index in [0.29, 0.717) is 18.7 Å². The van der Waals surface area contributed by atoms with Crippen LogP contribution in [0.15, 0.2) is 30.3 Å². The first-order chi connectivity index (χ1) is 9.52. The van der Waals surface area contributed by atoms with Crippen LogP contribution >= 0.6 is 0 Å². The molecule has 0 heterocycles. The lowest BCUT2D eigenvalue weighted by Gasteiger charge is -2.37. The van der Waals surface area contributed by atoms with E-state index >= 15 is 0 Å². The van der Waals surface area contributed by atoms with E-state index in [1.807, 2.05) is 37.3 Å². The van der Waals surface area contributed by atoms with Gasteiger partial charge in [-0.25, -0.2) is 13.6 Å². The molecule has 0 aliphatic heterocycles. The minimum absolute atomic E-state index is 0.177. The molecule has 1 saturated carbocycles. The Bertz CT molecular complexity index is 518. The Kier molecular flexibility index (Phi) is 5.01. The predicted molar refractivity (Wildman–Crippen MR) is 78.6 cm³/mol. The van der Waals surface area contributed by atoms with Crippen LogP contribution in [0.1, 0.15) is 32.6 Å². The monoisotopic (exact) mass is 298 g/mol. The fraction of sp³-hybridized carbons (Fsp3) is 0.571. The molecule has 1 aliphatic rings. The molecule has 2 rings (SSSR count). The number of hydrogen-bond acceptors (Lipinski definition) is 4. The van der Waals surface area contributed by atoms with Crippen molar-refractivity contribution >= 4 is 10.0 Å². The topological polar surface area (TPSA) is 72.6 Å². The van der Waals surface area contributed by atoms with Crippen LogP contribution < -0.4 is 9.98 Å². The zero-order valence-electron chi connectivity index (χ0n) is 11.7. The normalized spacial score (nSPS) is 23.8. The molecule has 0 saturated heterocycles. The highest BCUT2D eigenvalue weighted by molar-refractivity contribution is 7.89. The Morgan fingerprint density at radius 2 is 1.90 bits per heavy atom. The lowest BCUT2D eigenvalue weighted by atomic mass is 9.94. The second-order valence-corrected chi connectivity index (χ2v) is 6.90. The number of hydrogen-bond donors (Lipinski definition) is 1. The molecule has 0 bridgehead atoms. The molecule has 20 heavy (non-hydrogen) atoms. The molecule has 1 aliphatic carbocycles. The van der Waals surface area contributed by atoms with Crippen LogP contribution in [-0.4, -0.2) is 31.3 Å². The summed E-state index contributed by atoms with van der Waals surface area (Å²) in [5.41, 5.74) is 0. The lowest BCUT2D eigenvalue weighted by molar-refractivity contribution is -0.0992. The van der Waals surface area contributed by atoms with Gasteiger partial charge in [0.05, 0.1) is 11.3 Å². The Labute approximate surface area is 120 Å². The summed E-state index contributed by atoms with van der Waals surface area (Å²) in [6.45, 7) is 2.57. The average Bonchev–Trinajstić information content (AvgIpc) is 2.45. The van der Waals surface area contributed by atoms with Gasteiger partial charge in [0.15, 0.2) is 0 Å². The third-order valence-corrected chi connectivity index (χ3v) is 5.13. The summed E-state index contributed by atoms with van der Waals surface area (Å²) in [4.78, 5) is 5.84. The van der Waals surface area contributed by atoms with Gasteiger partial charge in [-0.2, -0.15) is 0 Å². The van der Waals surface area contributed by atoms with Crippen molar-refractivity contribution in [2.75, 3.05) is 6.54 Å². The molecule has 0 spiro atoms. The van der Waals surface area contributed by atoms with Crippen molar-refractivity contribution in [2.45, 2.75) is 43.9 Å². The number of hydroxylamine groups is 2. The number of nitrogens with two attached hydrogens (primary N) is 1. The van der Waals surface area contributed by atoms with E-state index in [2.05, 4.69) is 0 Å². The number of benzene rings is 1. The molecule has 1 fully saturated rings. The van der Waals surface area contributed by atoms with Crippen molar-refractivity contribution in [1.82, 2.24) is 5.06 Å². The molecule has 2 unspecified atom stereocenters. The van der Waals surface area contributed by atoms with Gasteiger partial charge in [0, 0.05) is 6.54 Å². The fourth-order valence-corrected chi connectivity index (χ4v) is 3.98. The summed E-state index contributed by atoms with van der Waals surface area (Å²) in [5.74, 6) is 0.716. The van der Waals surface area contributed by atoms with Gasteiger partial charge in [-0.05, 0) is 31.9 Å².